The van der Waals surface area contributed by atoms with Gasteiger partial charge in [-0.2, -0.15) is 0 Å². The minimum absolute atomic E-state index is 0.0119. The summed E-state index contributed by atoms with van der Waals surface area (Å²) in [6.07, 6.45) is 0. The van der Waals surface area contributed by atoms with Gasteiger partial charge in [0, 0.05) is 0 Å². The predicted octanol–water partition coefficient (Wildman–Crippen LogP) is 3.27. The van der Waals surface area contributed by atoms with E-state index in [1.165, 1.54) is 0 Å². The third-order valence-corrected chi connectivity index (χ3v) is 4.21. The zero-order valence-electron chi connectivity index (χ0n) is 14.1. The van der Waals surface area contributed by atoms with Gasteiger partial charge in [0.15, 0.2) is 0 Å². The van der Waals surface area contributed by atoms with Gasteiger partial charge in [-0.05, 0) is 25.0 Å². The summed E-state index contributed by atoms with van der Waals surface area (Å²) in [4.78, 5) is 12.9. The number of ether oxygens (including phenoxy) is 1. The maximum atomic E-state index is 12.9. The van der Waals surface area contributed by atoms with Gasteiger partial charge >= 0.3 is 5.97 Å². The molecule has 0 aliphatic rings. The van der Waals surface area contributed by atoms with Crippen LogP contribution >= 0.6 is 0 Å². The highest BCUT2D eigenvalue weighted by Gasteiger charge is 2.41. The number of aromatic nitrogens is 1. The van der Waals surface area contributed by atoms with Gasteiger partial charge in [-0.25, -0.2) is 4.79 Å². The van der Waals surface area contributed by atoms with E-state index in [0.717, 1.165) is 0 Å². The number of hydrogen-bond acceptors (Lipinski definition) is 5. The van der Waals surface area contributed by atoms with Gasteiger partial charge in [-0.3, -0.25) is 0 Å². The standard InChI is InChI=1S/C20H19NO4/c1-14-18(15(2)25-21-14)13-24-19(22)20(23,16-9-5-3-6-10-16)17-11-7-4-8-12-17/h3-12,23H,13H2,1-2H3. The Labute approximate surface area is 145 Å². The van der Waals surface area contributed by atoms with Crippen molar-refractivity contribution in [1.82, 2.24) is 5.16 Å². The molecule has 0 spiro atoms. The van der Waals surface area contributed by atoms with Gasteiger partial charge < -0.3 is 14.4 Å². The summed E-state index contributed by atoms with van der Waals surface area (Å²) in [5.74, 6) is -0.154. The third-order valence-electron chi connectivity index (χ3n) is 4.21. The molecule has 1 aromatic heterocycles. The van der Waals surface area contributed by atoms with Crippen LogP contribution in [0.1, 0.15) is 28.1 Å². The van der Waals surface area contributed by atoms with Crippen LogP contribution in [-0.4, -0.2) is 16.2 Å². The molecule has 0 radical (unpaired) electrons. The Morgan fingerprint density at radius 3 is 2.00 bits per heavy atom. The Morgan fingerprint density at radius 2 is 1.56 bits per heavy atom. The lowest BCUT2D eigenvalue weighted by atomic mass is 9.86. The first-order valence-corrected chi connectivity index (χ1v) is 7.96. The molecule has 5 heteroatoms. The van der Waals surface area contributed by atoms with E-state index in [1.54, 1.807) is 62.4 Å². The lowest BCUT2D eigenvalue weighted by molar-refractivity contribution is -0.163. The molecule has 3 aromatic rings. The highest BCUT2D eigenvalue weighted by atomic mass is 16.6. The van der Waals surface area contributed by atoms with Gasteiger partial charge in [0.2, 0.25) is 5.60 Å². The lowest BCUT2D eigenvalue weighted by Gasteiger charge is -2.27. The molecule has 3 rings (SSSR count). The molecule has 5 nitrogen and oxygen atoms in total. The zero-order valence-corrected chi connectivity index (χ0v) is 14.1. The first kappa shape index (κ1) is 16.9. The second-order valence-electron chi connectivity index (χ2n) is 5.82. The van der Waals surface area contributed by atoms with E-state index in [-0.39, 0.29) is 6.61 Å². The largest absolute Gasteiger partial charge is 0.458 e. The van der Waals surface area contributed by atoms with Gasteiger partial charge in [0.25, 0.3) is 0 Å². The second-order valence-corrected chi connectivity index (χ2v) is 5.82. The molecule has 1 N–H and O–H groups in total. The van der Waals surface area contributed by atoms with Crippen molar-refractivity contribution in [3.05, 3.63) is 88.8 Å². The number of aryl methyl sites for hydroxylation is 2. The van der Waals surface area contributed by atoms with Crippen LogP contribution in [0.2, 0.25) is 0 Å². The molecule has 0 saturated heterocycles. The van der Waals surface area contributed by atoms with Crippen molar-refractivity contribution in [2.75, 3.05) is 0 Å². The lowest BCUT2D eigenvalue weighted by Crippen LogP contribution is -2.38. The number of carbonyl (C=O) groups is 1. The maximum absolute atomic E-state index is 12.9. The maximum Gasteiger partial charge on any atom is 0.348 e. The van der Waals surface area contributed by atoms with Crippen LogP contribution in [0.5, 0.6) is 0 Å². The highest BCUT2D eigenvalue weighted by Crippen LogP contribution is 2.31. The summed E-state index contributed by atoms with van der Waals surface area (Å²) in [6, 6.07) is 17.5. The number of esters is 1. The number of rotatable bonds is 5. The summed E-state index contributed by atoms with van der Waals surface area (Å²) in [7, 11) is 0. The second kappa shape index (κ2) is 6.91. The van der Waals surface area contributed by atoms with E-state index in [0.29, 0.717) is 28.1 Å². The summed E-state index contributed by atoms with van der Waals surface area (Å²) >= 11 is 0. The Morgan fingerprint density at radius 1 is 1.04 bits per heavy atom. The highest BCUT2D eigenvalue weighted by molar-refractivity contribution is 5.85. The first-order valence-electron chi connectivity index (χ1n) is 7.96. The quantitative estimate of drug-likeness (QED) is 0.724. The molecule has 0 aliphatic heterocycles. The molecule has 0 atom stereocenters. The summed E-state index contributed by atoms with van der Waals surface area (Å²) in [5, 5.41) is 15.1. The zero-order chi connectivity index (χ0) is 17.9. The van der Waals surface area contributed by atoms with Crippen molar-refractivity contribution in [2.24, 2.45) is 0 Å². The Bertz CT molecular complexity index is 797. The number of aliphatic hydroxyl groups is 1. The molecular formula is C20H19NO4. The molecule has 128 valence electrons. The average molecular weight is 337 g/mol. The van der Waals surface area contributed by atoms with Crippen LogP contribution in [0.25, 0.3) is 0 Å². The normalized spacial score (nSPS) is 11.3. The van der Waals surface area contributed by atoms with Crippen LogP contribution in [0.15, 0.2) is 65.2 Å². The third kappa shape index (κ3) is 3.19. The fourth-order valence-corrected chi connectivity index (χ4v) is 2.71. The monoisotopic (exact) mass is 337 g/mol. The Hall–Kier alpha value is -2.92. The van der Waals surface area contributed by atoms with Gasteiger partial charge in [-0.15, -0.1) is 0 Å². The number of hydrogen-bond donors (Lipinski definition) is 1. The molecular weight excluding hydrogens is 318 g/mol. The average Bonchev–Trinajstić information content (AvgIpc) is 2.98. The van der Waals surface area contributed by atoms with Crippen LogP contribution in [0, 0.1) is 13.8 Å². The van der Waals surface area contributed by atoms with Gasteiger partial charge in [0.05, 0.1) is 11.3 Å². The van der Waals surface area contributed by atoms with Crippen molar-refractivity contribution >= 4 is 5.97 Å². The van der Waals surface area contributed by atoms with E-state index in [4.69, 9.17) is 9.26 Å². The molecule has 25 heavy (non-hydrogen) atoms. The minimum atomic E-state index is -1.89. The van der Waals surface area contributed by atoms with Crippen molar-refractivity contribution in [1.29, 1.82) is 0 Å². The van der Waals surface area contributed by atoms with Crippen molar-refractivity contribution in [3.63, 3.8) is 0 Å². The summed E-state index contributed by atoms with van der Waals surface area (Å²) in [6.45, 7) is 3.52. The smallest absolute Gasteiger partial charge is 0.348 e. The summed E-state index contributed by atoms with van der Waals surface area (Å²) in [5.41, 5.74) is 0.376. The Kier molecular flexibility index (Phi) is 4.67. The summed E-state index contributed by atoms with van der Waals surface area (Å²) < 4.78 is 10.5. The van der Waals surface area contributed by atoms with Crippen molar-refractivity contribution in [3.8, 4) is 0 Å². The molecule has 0 fully saturated rings. The van der Waals surface area contributed by atoms with Gasteiger partial charge in [-0.1, -0.05) is 65.8 Å². The number of nitrogens with zero attached hydrogens (tertiary/aromatic N) is 1. The minimum Gasteiger partial charge on any atom is -0.458 e. The molecule has 0 unspecified atom stereocenters. The number of carbonyl (C=O) groups excluding carboxylic acids is 1. The van der Waals surface area contributed by atoms with Crippen molar-refractivity contribution in [2.45, 2.75) is 26.1 Å². The molecule has 0 aliphatic carbocycles. The van der Waals surface area contributed by atoms with Gasteiger partial charge in [0.1, 0.15) is 12.4 Å². The van der Waals surface area contributed by atoms with Crippen LogP contribution in [-0.2, 0) is 21.7 Å². The van der Waals surface area contributed by atoms with E-state index in [2.05, 4.69) is 5.16 Å². The topological polar surface area (TPSA) is 72.6 Å². The molecule has 1 heterocycles. The van der Waals surface area contributed by atoms with E-state index in [1.807, 2.05) is 12.1 Å². The predicted molar refractivity (Wildman–Crippen MR) is 91.7 cm³/mol. The Balaban J connectivity index is 1.94. The SMILES string of the molecule is Cc1noc(C)c1COC(=O)C(O)(c1ccccc1)c1ccccc1. The first-order chi connectivity index (χ1) is 12.0. The molecule has 0 saturated carbocycles. The fraction of sp³-hybridized carbons (Fsp3) is 0.200. The van der Waals surface area contributed by atoms with E-state index < -0.39 is 11.6 Å². The van der Waals surface area contributed by atoms with Crippen LogP contribution in [0.4, 0.5) is 0 Å². The molecule has 0 bridgehead atoms. The van der Waals surface area contributed by atoms with E-state index in [9.17, 15) is 9.90 Å². The van der Waals surface area contributed by atoms with Crippen LogP contribution in [0.3, 0.4) is 0 Å². The fourth-order valence-electron chi connectivity index (χ4n) is 2.71. The van der Waals surface area contributed by atoms with Crippen LogP contribution < -0.4 is 0 Å². The number of benzene rings is 2. The molecule has 0 amide bonds. The van der Waals surface area contributed by atoms with Crippen molar-refractivity contribution < 1.29 is 19.2 Å². The molecule has 2 aromatic carbocycles. The van der Waals surface area contributed by atoms with E-state index >= 15 is 0 Å².